The minimum atomic E-state index is -0.161. The number of pyridine rings is 1. The van der Waals surface area contributed by atoms with Gasteiger partial charge in [0.05, 0.1) is 9.74 Å². The van der Waals surface area contributed by atoms with Gasteiger partial charge in [0.25, 0.3) is 5.91 Å². The molecule has 0 radical (unpaired) electrons. The van der Waals surface area contributed by atoms with E-state index in [0.29, 0.717) is 23.8 Å². The largest absolute Gasteiger partial charge is 0.392 e. The number of carbonyl (C=O) groups is 1. The summed E-state index contributed by atoms with van der Waals surface area (Å²) in [7, 11) is 0. The summed E-state index contributed by atoms with van der Waals surface area (Å²) >= 11 is 6.88. The molecule has 0 unspecified atom stereocenters. The second-order valence-corrected chi connectivity index (χ2v) is 6.65. The third-order valence-electron chi connectivity index (χ3n) is 3.81. The van der Waals surface area contributed by atoms with Crippen LogP contribution in [0, 0.1) is 6.92 Å². The van der Waals surface area contributed by atoms with Gasteiger partial charge in [-0.3, -0.25) is 4.79 Å². The normalized spacial score (nSPS) is 17.8. The van der Waals surface area contributed by atoms with Crippen molar-refractivity contribution in [3.63, 3.8) is 0 Å². The molecule has 0 spiro atoms. The van der Waals surface area contributed by atoms with Gasteiger partial charge in [0.2, 0.25) is 0 Å². The molecule has 1 amide bonds. The van der Waals surface area contributed by atoms with E-state index in [1.807, 2.05) is 30.2 Å². The maximum absolute atomic E-state index is 12.4. The van der Waals surface area contributed by atoms with E-state index in [1.165, 1.54) is 0 Å². The zero-order chi connectivity index (χ0) is 14.8. The number of nitrogens with zero attached hydrogens (tertiary/aromatic N) is 2. The fraction of sp³-hybridized carbons (Fsp3) is 0.500. The molecule has 1 saturated heterocycles. The van der Waals surface area contributed by atoms with Crippen LogP contribution < -0.4 is 5.73 Å². The predicted molar refractivity (Wildman–Crippen MR) is 87.1 cm³/mol. The Balaban J connectivity index is 2.07. The first-order valence-corrected chi connectivity index (χ1v) is 8.20. The summed E-state index contributed by atoms with van der Waals surface area (Å²) in [6, 6.07) is 5.51. The third-order valence-corrected chi connectivity index (χ3v) is 5.74. The summed E-state index contributed by atoms with van der Waals surface area (Å²) in [6.45, 7) is 3.23. The summed E-state index contributed by atoms with van der Waals surface area (Å²) < 4.78 is -0.161. The molecule has 0 aliphatic carbocycles. The highest BCUT2D eigenvalue weighted by Gasteiger charge is 2.38. The van der Waals surface area contributed by atoms with Gasteiger partial charge in [-0.15, -0.1) is 0 Å². The number of thioether (sulfide) groups is 1. The first-order chi connectivity index (χ1) is 9.48. The Morgan fingerprint density at radius 2 is 2.10 bits per heavy atom. The Labute approximate surface area is 129 Å². The molecular formula is C14H19N3OS2. The van der Waals surface area contributed by atoms with Crippen LogP contribution in [-0.2, 0) is 0 Å². The molecule has 2 heterocycles. The van der Waals surface area contributed by atoms with E-state index >= 15 is 0 Å². The number of amides is 1. The summed E-state index contributed by atoms with van der Waals surface area (Å²) in [5, 5.41) is 0. The fourth-order valence-electron chi connectivity index (χ4n) is 2.45. The van der Waals surface area contributed by atoms with E-state index in [1.54, 1.807) is 17.8 Å². The summed E-state index contributed by atoms with van der Waals surface area (Å²) in [4.78, 5) is 19.1. The van der Waals surface area contributed by atoms with Crippen molar-refractivity contribution in [1.29, 1.82) is 0 Å². The molecule has 6 heteroatoms. The van der Waals surface area contributed by atoms with Gasteiger partial charge in [-0.1, -0.05) is 18.3 Å². The number of aryl methyl sites for hydroxylation is 1. The fourth-order valence-corrected chi connectivity index (χ4v) is 3.69. The highest BCUT2D eigenvalue weighted by molar-refractivity contribution is 8.02. The van der Waals surface area contributed by atoms with Gasteiger partial charge in [0.1, 0.15) is 5.69 Å². The Morgan fingerprint density at radius 3 is 2.60 bits per heavy atom. The van der Waals surface area contributed by atoms with Crippen molar-refractivity contribution in [2.45, 2.75) is 24.5 Å². The molecule has 1 aliphatic heterocycles. The van der Waals surface area contributed by atoms with Crippen molar-refractivity contribution in [3.05, 3.63) is 29.6 Å². The maximum Gasteiger partial charge on any atom is 0.272 e. The molecule has 0 bridgehead atoms. The van der Waals surface area contributed by atoms with Gasteiger partial charge in [-0.25, -0.2) is 4.98 Å². The van der Waals surface area contributed by atoms with Crippen LogP contribution in [0.5, 0.6) is 0 Å². The van der Waals surface area contributed by atoms with Crippen LogP contribution in [0.3, 0.4) is 0 Å². The standard InChI is InChI=1S/C14H19N3OS2/c1-10-4-3-5-11(16-10)12(18)17-8-6-14(20-2,7-9-17)13(15)19/h3-5H,6-9H2,1-2H3,(H2,15,19). The number of piperidine rings is 1. The second kappa shape index (κ2) is 6.10. The van der Waals surface area contributed by atoms with E-state index < -0.39 is 0 Å². The van der Waals surface area contributed by atoms with Gasteiger partial charge in [-0.05, 0) is 38.2 Å². The average Bonchev–Trinajstić information content (AvgIpc) is 2.46. The minimum Gasteiger partial charge on any atom is -0.392 e. The Kier molecular flexibility index (Phi) is 4.65. The molecule has 0 saturated carbocycles. The molecule has 2 rings (SSSR count). The number of thiocarbonyl (C=S) groups is 1. The summed E-state index contributed by atoms with van der Waals surface area (Å²) in [5.41, 5.74) is 7.23. The average molecular weight is 309 g/mol. The molecule has 4 nitrogen and oxygen atoms in total. The highest BCUT2D eigenvalue weighted by Crippen LogP contribution is 2.35. The molecule has 0 atom stereocenters. The van der Waals surface area contributed by atoms with Crippen molar-refractivity contribution in [2.24, 2.45) is 5.73 Å². The molecule has 1 fully saturated rings. The van der Waals surface area contributed by atoms with Gasteiger partial charge < -0.3 is 10.6 Å². The van der Waals surface area contributed by atoms with Gasteiger partial charge >= 0.3 is 0 Å². The quantitative estimate of drug-likeness (QED) is 0.866. The molecule has 0 aromatic carbocycles. The topological polar surface area (TPSA) is 59.2 Å². The van der Waals surface area contributed by atoms with E-state index in [4.69, 9.17) is 18.0 Å². The SMILES string of the molecule is CSC1(C(N)=S)CCN(C(=O)c2cccc(C)n2)CC1. The Bertz CT molecular complexity index is 525. The Morgan fingerprint density at radius 1 is 1.45 bits per heavy atom. The second-order valence-electron chi connectivity index (χ2n) is 5.02. The maximum atomic E-state index is 12.4. The zero-order valence-electron chi connectivity index (χ0n) is 11.8. The number of nitrogens with two attached hydrogens (primary N) is 1. The van der Waals surface area contributed by atoms with Crippen LogP contribution in [0.2, 0.25) is 0 Å². The molecule has 1 aliphatic rings. The number of likely N-dealkylation sites (tertiary alicyclic amines) is 1. The molecular weight excluding hydrogens is 290 g/mol. The molecule has 20 heavy (non-hydrogen) atoms. The lowest BCUT2D eigenvalue weighted by Crippen LogP contribution is -2.50. The molecule has 1 aromatic rings. The van der Waals surface area contributed by atoms with E-state index in [2.05, 4.69) is 4.98 Å². The van der Waals surface area contributed by atoms with Crippen molar-refractivity contribution in [3.8, 4) is 0 Å². The first-order valence-electron chi connectivity index (χ1n) is 6.56. The predicted octanol–water partition coefficient (Wildman–Crippen LogP) is 2.01. The van der Waals surface area contributed by atoms with E-state index in [-0.39, 0.29) is 10.7 Å². The highest BCUT2D eigenvalue weighted by atomic mass is 32.2. The number of hydrogen-bond donors (Lipinski definition) is 1. The number of rotatable bonds is 3. The number of aromatic nitrogens is 1. The monoisotopic (exact) mass is 309 g/mol. The van der Waals surface area contributed by atoms with Gasteiger partial charge in [-0.2, -0.15) is 11.8 Å². The first kappa shape index (κ1) is 15.3. The van der Waals surface area contributed by atoms with Crippen molar-refractivity contribution < 1.29 is 4.79 Å². The number of carbonyl (C=O) groups excluding carboxylic acids is 1. The van der Waals surface area contributed by atoms with E-state index in [0.717, 1.165) is 18.5 Å². The van der Waals surface area contributed by atoms with Crippen molar-refractivity contribution in [1.82, 2.24) is 9.88 Å². The van der Waals surface area contributed by atoms with E-state index in [9.17, 15) is 4.79 Å². The molecule has 108 valence electrons. The smallest absolute Gasteiger partial charge is 0.272 e. The van der Waals surface area contributed by atoms with Crippen LogP contribution in [0.1, 0.15) is 29.0 Å². The van der Waals surface area contributed by atoms with Crippen LogP contribution in [0.4, 0.5) is 0 Å². The van der Waals surface area contributed by atoms with Crippen molar-refractivity contribution in [2.75, 3.05) is 19.3 Å². The lowest BCUT2D eigenvalue weighted by Gasteiger charge is -2.39. The Hall–Kier alpha value is -1.14. The minimum absolute atomic E-state index is 0.00802. The van der Waals surface area contributed by atoms with Gasteiger partial charge in [0.15, 0.2) is 0 Å². The molecule has 2 N–H and O–H groups in total. The zero-order valence-corrected chi connectivity index (χ0v) is 13.4. The van der Waals surface area contributed by atoms with Crippen molar-refractivity contribution >= 4 is 34.9 Å². The number of hydrogen-bond acceptors (Lipinski definition) is 4. The van der Waals surface area contributed by atoms with Gasteiger partial charge in [0, 0.05) is 18.8 Å². The molecule has 1 aromatic heterocycles. The van der Waals surface area contributed by atoms with Crippen LogP contribution >= 0.6 is 24.0 Å². The van der Waals surface area contributed by atoms with Crippen LogP contribution in [-0.4, -0.2) is 44.9 Å². The van der Waals surface area contributed by atoms with Crippen LogP contribution in [0.25, 0.3) is 0 Å². The lowest BCUT2D eigenvalue weighted by molar-refractivity contribution is 0.0712. The van der Waals surface area contributed by atoms with Crippen LogP contribution in [0.15, 0.2) is 18.2 Å². The lowest BCUT2D eigenvalue weighted by atomic mass is 9.95. The third kappa shape index (κ3) is 2.96. The summed E-state index contributed by atoms with van der Waals surface area (Å²) in [5.74, 6) is -0.00802. The summed E-state index contributed by atoms with van der Waals surface area (Å²) in [6.07, 6.45) is 3.64.